The van der Waals surface area contributed by atoms with Crippen molar-refractivity contribution in [2.75, 3.05) is 13.7 Å². The number of methoxy groups -OCH3 is 1. The Morgan fingerprint density at radius 2 is 2.26 bits per heavy atom. The number of esters is 1. The van der Waals surface area contributed by atoms with Crippen LogP contribution in [0.5, 0.6) is 5.88 Å². The Morgan fingerprint density at radius 1 is 1.47 bits per heavy atom. The number of nitrogens with zero attached hydrogens (tertiary/aromatic N) is 4. The van der Waals surface area contributed by atoms with Gasteiger partial charge in [-0.15, -0.1) is 5.10 Å². The molecule has 100 valence electrons. The minimum absolute atomic E-state index is 0.0188. The molecule has 7 nitrogen and oxygen atoms in total. The summed E-state index contributed by atoms with van der Waals surface area (Å²) in [6.45, 7) is 2.01. The zero-order valence-corrected chi connectivity index (χ0v) is 11.0. The minimum Gasteiger partial charge on any atom is -0.480 e. The molecule has 0 aromatic carbocycles. The molecule has 2 rings (SSSR count). The summed E-state index contributed by atoms with van der Waals surface area (Å²) in [5, 5.41) is 4.03. The average molecular weight is 262 g/mol. The summed E-state index contributed by atoms with van der Waals surface area (Å²) < 4.78 is 11.5. The summed E-state index contributed by atoms with van der Waals surface area (Å²) in [7, 11) is 3.21. The van der Waals surface area contributed by atoms with E-state index < -0.39 is 5.97 Å². The van der Waals surface area contributed by atoms with Gasteiger partial charge in [0.15, 0.2) is 5.82 Å². The standard InChI is InChI=1S/C12H14N4O3/c1-4-19-12(17)9-14-10(16(2)15-9)8-6-5-7-13-11(8)18-3/h5-7H,4H2,1-3H3. The van der Waals surface area contributed by atoms with Crippen LogP contribution in [0.15, 0.2) is 18.3 Å². The van der Waals surface area contributed by atoms with Crippen molar-refractivity contribution in [3.63, 3.8) is 0 Å². The topological polar surface area (TPSA) is 79.1 Å². The lowest BCUT2D eigenvalue weighted by molar-refractivity contribution is 0.0512. The van der Waals surface area contributed by atoms with Crippen LogP contribution in [0.3, 0.4) is 0 Å². The van der Waals surface area contributed by atoms with E-state index in [4.69, 9.17) is 9.47 Å². The summed E-state index contributed by atoms with van der Waals surface area (Å²) >= 11 is 0. The highest BCUT2D eigenvalue weighted by Gasteiger charge is 2.19. The quantitative estimate of drug-likeness (QED) is 0.767. The van der Waals surface area contributed by atoms with Gasteiger partial charge in [0, 0.05) is 13.2 Å². The SMILES string of the molecule is CCOC(=O)c1nc(-c2cccnc2OC)n(C)n1. The molecule has 0 fully saturated rings. The second kappa shape index (κ2) is 5.47. The molecule has 0 amide bonds. The van der Waals surface area contributed by atoms with Gasteiger partial charge < -0.3 is 9.47 Å². The molecule has 0 radical (unpaired) electrons. The summed E-state index contributed by atoms with van der Waals surface area (Å²) in [4.78, 5) is 19.8. The number of carbonyl (C=O) groups is 1. The maximum Gasteiger partial charge on any atom is 0.378 e. The predicted molar refractivity (Wildman–Crippen MR) is 66.7 cm³/mol. The highest BCUT2D eigenvalue weighted by Crippen LogP contribution is 2.25. The molecule has 19 heavy (non-hydrogen) atoms. The summed E-state index contributed by atoms with van der Waals surface area (Å²) in [5.74, 6) is 0.388. The summed E-state index contributed by atoms with van der Waals surface area (Å²) in [5.41, 5.74) is 0.663. The maximum absolute atomic E-state index is 11.6. The summed E-state index contributed by atoms with van der Waals surface area (Å²) in [6.07, 6.45) is 1.62. The number of aryl methyl sites for hydroxylation is 1. The smallest absolute Gasteiger partial charge is 0.378 e. The van der Waals surface area contributed by atoms with Gasteiger partial charge in [-0.05, 0) is 19.1 Å². The van der Waals surface area contributed by atoms with Gasteiger partial charge in [0.1, 0.15) is 0 Å². The van der Waals surface area contributed by atoms with Gasteiger partial charge in [0.05, 0.1) is 19.3 Å². The third kappa shape index (κ3) is 2.54. The molecule has 0 spiro atoms. The zero-order chi connectivity index (χ0) is 13.8. The van der Waals surface area contributed by atoms with E-state index in [0.29, 0.717) is 17.3 Å². The first kappa shape index (κ1) is 13.0. The normalized spacial score (nSPS) is 10.3. The van der Waals surface area contributed by atoms with Gasteiger partial charge in [0.25, 0.3) is 5.82 Å². The predicted octanol–water partition coefficient (Wildman–Crippen LogP) is 1.06. The highest BCUT2D eigenvalue weighted by molar-refractivity contribution is 5.85. The van der Waals surface area contributed by atoms with Crippen molar-refractivity contribution in [2.24, 2.45) is 7.05 Å². The van der Waals surface area contributed by atoms with Crippen LogP contribution >= 0.6 is 0 Å². The van der Waals surface area contributed by atoms with Crippen molar-refractivity contribution in [2.45, 2.75) is 6.92 Å². The number of carbonyl (C=O) groups excluding carboxylic acids is 1. The Bertz CT molecular complexity index is 594. The van der Waals surface area contributed by atoms with E-state index in [0.717, 1.165) is 0 Å². The van der Waals surface area contributed by atoms with E-state index in [9.17, 15) is 4.79 Å². The third-order valence-electron chi connectivity index (χ3n) is 2.43. The Labute approximate surface area is 110 Å². The molecule has 7 heteroatoms. The van der Waals surface area contributed by atoms with E-state index in [1.165, 1.54) is 11.8 Å². The van der Waals surface area contributed by atoms with Gasteiger partial charge in [-0.3, -0.25) is 0 Å². The van der Waals surface area contributed by atoms with E-state index >= 15 is 0 Å². The fourth-order valence-electron chi connectivity index (χ4n) is 1.62. The van der Waals surface area contributed by atoms with Crippen LogP contribution in [-0.4, -0.2) is 39.4 Å². The molecule has 2 aromatic heterocycles. The number of rotatable bonds is 4. The van der Waals surface area contributed by atoms with Crippen LogP contribution in [-0.2, 0) is 11.8 Å². The number of hydrogen-bond acceptors (Lipinski definition) is 6. The molecule has 0 N–H and O–H groups in total. The van der Waals surface area contributed by atoms with Gasteiger partial charge in [0.2, 0.25) is 5.88 Å². The molecule has 0 bridgehead atoms. The fourth-order valence-corrected chi connectivity index (χ4v) is 1.62. The number of aromatic nitrogens is 4. The Hall–Kier alpha value is -2.44. The average Bonchev–Trinajstić information content (AvgIpc) is 2.81. The van der Waals surface area contributed by atoms with E-state index in [2.05, 4.69) is 15.1 Å². The van der Waals surface area contributed by atoms with E-state index in [-0.39, 0.29) is 12.4 Å². The van der Waals surface area contributed by atoms with Gasteiger partial charge in [-0.2, -0.15) is 0 Å². The van der Waals surface area contributed by atoms with Crippen LogP contribution in [0, 0.1) is 0 Å². The van der Waals surface area contributed by atoms with E-state index in [1.54, 1.807) is 32.3 Å². The molecule has 0 unspecified atom stereocenters. The second-order valence-electron chi connectivity index (χ2n) is 3.66. The Balaban J connectivity index is 2.43. The van der Waals surface area contributed by atoms with Gasteiger partial charge >= 0.3 is 5.97 Å². The fraction of sp³-hybridized carbons (Fsp3) is 0.333. The van der Waals surface area contributed by atoms with Crippen molar-refractivity contribution in [3.8, 4) is 17.3 Å². The molecule has 0 saturated carbocycles. The molecule has 0 atom stereocenters. The number of ether oxygens (including phenoxy) is 2. The molecule has 0 aliphatic carbocycles. The number of hydrogen-bond donors (Lipinski definition) is 0. The first-order valence-corrected chi connectivity index (χ1v) is 5.75. The van der Waals surface area contributed by atoms with Crippen LogP contribution in [0.25, 0.3) is 11.4 Å². The lowest BCUT2D eigenvalue weighted by Crippen LogP contribution is -2.07. The molecule has 0 aliphatic heterocycles. The first-order valence-electron chi connectivity index (χ1n) is 5.75. The molecule has 0 saturated heterocycles. The van der Waals surface area contributed by atoms with Crippen molar-refractivity contribution in [1.29, 1.82) is 0 Å². The van der Waals surface area contributed by atoms with Crippen molar-refractivity contribution in [1.82, 2.24) is 19.7 Å². The minimum atomic E-state index is -0.549. The molecular formula is C12H14N4O3. The Kier molecular flexibility index (Phi) is 3.74. The lowest BCUT2D eigenvalue weighted by atomic mass is 10.2. The monoisotopic (exact) mass is 262 g/mol. The van der Waals surface area contributed by atoms with Crippen molar-refractivity contribution >= 4 is 5.97 Å². The van der Waals surface area contributed by atoms with Crippen LogP contribution < -0.4 is 4.74 Å². The van der Waals surface area contributed by atoms with Crippen LogP contribution in [0.2, 0.25) is 0 Å². The largest absolute Gasteiger partial charge is 0.480 e. The molecule has 0 aliphatic rings. The maximum atomic E-state index is 11.6. The van der Waals surface area contributed by atoms with Gasteiger partial charge in [-0.1, -0.05) is 0 Å². The lowest BCUT2D eigenvalue weighted by Gasteiger charge is -2.04. The molecule has 2 aromatic rings. The summed E-state index contributed by atoms with van der Waals surface area (Å²) in [6, 6.07) is 3.56. The van der Waals surface area contributed by atoms with Crippen LogP contribution in [0.1, 0.15) is 17.5 Å². The molecule has 2 heterocycles. The van der Waals surface area contributed by atoms with Crippen molar-refractivity contribution < 1.29 is 14.3 Å². The van der Waals surface area contributed by atoms with Gasteiger partial charge in [-0.25, -0.2) is 19.4 Å². The second-order valence-corrected chi connectivity index (χ2v) is 3.66. The first-order chi connectivity index (χ1) is 9.17. The van der Waals surface area contributed by atoms with Crippen molar-refractivity contribution in [3.05, 3.63) is 24.2 Å². The third-order valence-corrected chi connectivity index (χ3v) is 2.43. The van der Waals surface area contributed by atoms with E-state index in [1.807, 2.05) is 0 Å². The zero-order valence-electron chi connectivity index (χ0n) is 11.0. The number of pyridine rings is 1. The molecular weight excluding hydrogens is 248 g/mol. The Morgan fingerprint density at radius 3 is 2.95 bits per heavy atom. The highest BCUT2D eigenvalue weighted by atomic mass is 16.5. The van der Waals surface area contributed by atoms with Crippen LogP contribution in [0.4, 0.5) is 0 Å².